The third-order valence-electron chi connectivity index (χ3n) is 6.17. The smallest absolute Gasteiger partial charge is 0.340 e. The number of esters is 1. The molecule has 0 amide bonds. The number of nitrogens with one attached hydrogen (secondary N) is 1. The molecule has 0 aliphatic heterocycles. The molecular formula is C31H30N2O5. The average Bonchev–Trinajstić information content (AvgIpc) is 3.22. The third-order valence-corrected chi connectivity index (χ3v) is 6.17. The van der Waals surface area contributed by atoms with Crippen molar-refractivity contribution in [2.75, 3.05) is 5.32 Å². The fourth-order valence-electron chi connectivity index (χ4n) is 4.53. The highest BCUT2D eigenvalue weighted by molar-refractivity contribution is 5.96. The number of aryl methyl sites for hydroxylation is 2. The van der Waals surface area contributed by atoms with Crippen molar-refractivity contribution in [3.63, 3.8) is 0 Å². The van der Waals surface area contributed by atoms with Crippen LogP contribution in [0.25, 0.3) is 33.4 Å². The van der Waals surface area contributed by atoms with Crippen molar-refractivity contribution < 1.29 is 18.4 Å². The molecule has 0 aliphatic carbocycles. The predicted octanol–water partition coefficient (Wildman–Crippen LogP) is 7.35. The lowest BCUT2D eigenvalue weighted by molar-refractivity contribution is 0.00706. The highest BCUT2D eigenvalue weighted by Gasteiger charge is 2.22. The van der Waals surface area contributed by atoms with Crippen LogP contribution in [0.3, 0.4) is 0 Å². The molecule has 7 heteroatoms. The first-order valence-electron chi connectivity index (χ1n) is 12.5. The summed E-state index contributed by atoms with van der Waals surface area (Å²) in [5, 5.41) is 3.93. The van der Waals surface area contributed by atoms with Gasteiger partial charge in [-0.15, -0.1) is 0 Å². The lowest BCUT2D eigenvalue weighted by Gasteiger charge is -2.22. The second-order valence-corrected chi connectivity index (χ2v) is 10.5. The minimum atomic E-state index is -0.615. The molecule has 0 saturated heterocycles. The van der Waals surface area contributed by atoms with Crippen LogP contribution in [0.2, 0.25) is 0 Å². The number of carbonyl (C=O) groups excluding carboxylic acids is 1. The zero-order valence-electron chi connectivity index (χ0n) is 22.3. The van der Waals surface area contributed by atoms with Crippen LogP contribution in [-0.4, -0.2) is 16.6 Å². The van der Waals surface area contributed by atoms with Crippen LogP contribution in [0.15, 0.2) is 74.3 Å². The first-order chi connectivity index (χ1) is 18.0. The van der Waals surface area contributed by atoms with Crippen LogP contribution in [0.4, 0.5) is 5.69 Å². The molecule has 0 saturated carbocycles. The topological polar surface area (TPSA) is 94.6 Å². The van der Waals surface area contributed by atoms with Crippen molar-refractivity contribution in [2.24, 2.45) is 0 Å². The van der Waals surface area contributed by atoms with E-state index in [0.29, 0.717) is 45.0 Å². The Kier molecular flexibility index (Phi) is 6.31. The summed E-state index contributed by atoms with van der Waals surface area (Å²) in [6.07, 6.45) is 0. The Morgan fingerprint density at radius 2 is 1.76 bits per heavy atom. The minimum Gasteiger partial charge on any atom is -0.456 e. The van der Waals surface area contributed by atoms with Gasteiger partial charge in [0.1, 0.15) is 22.5 Å². The second kappa shape index (κ2) is 9.49. The first kappa shape index (κ1) is 25.3. The van der Waals surface area contributed by atoms with Gasteiger partial charge in [0.05, 0.1) is 17.0 Å². The predicted molar refractivity (Wildman–Crippen MR) is 149 cm³/mol. The quantitative estimate of drug-likeness (QED) is 0.247. The Labute approximate surface area is 220 Å². The van der Waals surface area contributed by atoms with Crippen molar-refractivity contribution in [2.45, 2.75) is 53.2 Å². The van der Waals surface area contributed by atoms with Crippen molar-refractivity contribution in [3.8, 4) is 11.3 Å². The number of fused-ring (bicyclic) bond motifs is 2. The number of nitrogens with zero attached hydrogens (tertiary/aromatic N) is 1. The van der Waals surface area contributed by atoms with E-state index in [-0.39, 0.29) is 11.5 Å². The second-order valence-electron chi connectivity index (χ2n) is 10.5. The Morgan fingerprint density at radius 3 is 2.53 bits per heavy atom. The Bertz CT molecular complexity index is 1740. The molecule has 5 aromatic rings. The van der Waals surface area contributed by atoms with Crippen LogP contribution in [-0.2, 0) is 4.74 Å². The maximum atomic E-state index is 13.2. The maximum absolute atomic E-state index is 13.2. The van der Waals surface area contributed by atoms with Gasteiger partial charge in [-0.3, -0.25) is 4.79 Å². The van der Waals surface area contributed by atoms with E-state index in [4.69, 9.17) is 13.6 Å². The van der Waals surface area contributed by atoms with Crippen LogP contribution < -0.4 is 10.7 Å². The molecular weight excluding hydrogens is 480 g/mol. The summed E-state index contributed by atoms with van der Waals surface area (Å²) in [5.74, 6) is 0.604. The SMILES string of the molecule is Cc1cc(C(C)Nc2ccccc2C(=O)OC(C)(C)C)c2oc(-c3ccc4oc(C)nc4c3)cc(=O)c2c1. The molecule has 7 nitrogen and oxygen atoms in total. The van der Waals surface area contributed by atoms with Gasteiger partial charge >= 0.3 is 5.97 Å². The van der Waals surface area contributed by atoms with Crippen LogP contribution in [0.1, 0.15) is 61.1 Å². The zero-order valence-corrected chi connectivity index (χ0v) is 22.3. The first-order valence-corrected chi connectivity index (χ1v) is 12.5. The van der Waals surface area contributed by atoms with E-state index in [1.54, 1.807) is 19.1 Å². The number of ether oxygens (including phenoxy) is 1. The normalized spacial score (nSPS) is 12.6. The van der Waals surface area contributed by atoms with Gasteiger partial charge in [-0.05, 0) is 76.6 Å². The van der Waals surface area contributed by atoms with E-state index in [1.165, 1.54) is 6.07 Å². The summed E-state index contributed by atoms with van der Waals surface area (Å²) in [4.78, 5) is 30.5. The minimum absolute atomic E-state index is 0.135. The van der Waals surface area contributed by atoms with Gasteiger partial charge in [-0.1, -0.05) is 18.2 Å². The molecule has 1 atom stereocenters. The fourth-order valence-corrected chi connectivity index (χ4v) is 4.53. The largest absolute Gasteiger partial charge is 0.456 e. The number of carbonyl (C=O) groups is 1. The Morgan fingerprint density at radius 1 is 1.00 bits per heavy atom. The average molecular weight is 511 g/mol. The van der Waals surface area contributed by atoms with E-state index in [0.717, 1.165) is 16.7 Å². The maximum Gasteiger partial charge on any atom is 0.340 e. The van der Waals surface area contributed by atoms with E-state index in [2.05, 4.69) is 10.3 Å². The molecule has 194 valence electrons. The molecule has 2 aromatic heterocycles. The van der Waals surface area contributed by atoms with Gasteiger partial charge in [-0.2, -0.15) is 0 Å². The number of para-hydroxylation sites is 1. The molecule has 0 fully saturated rings. The van der Waals surface area contributed by atoms with Gasteiger partial charge in [0, 0.05) is 29.8 Å². The number of rotatable bonds is 5. The van der Waals surface area contributed by atoms with Crippen molar-refractivity contribution in [1.29, 1.82) is 0 Å². The molecule has 1 unspecified atom stereocenters. The summed E-state index contributed by atoms with van der Waals surface area (Å²) < 4.78 is 17.6. The summed E-state index contributed by atoms with van der Waals surface area (Å²) in [6, 6.07) is 17.8. The van der Waals surface area contributed by atoms with Crippen molar-refractivity contribution in [1.82, 2.24) is 4.98 Å². The number of hydrogen-bond acceptors (Lipinski definition) is 7. The van der Waals surface area contributed by atoms with Gasteiger partial charge in [0.15, 0.2) is 16.9 Å². The number of aromatic nitrogens is 1. The lowest BCUT2D eigenvalue weighted by atomic mass is 10.00. The number of anilines is 1. The standard InChI is InChI=1S/C31H30N2O5/c1-17-13-22(18(2)32-24-10-8-7-9-21(24)30(35)38-31(4,5)6)29-23(14-17)26(34)16-28(37-29)20-11-12-27-25(15-20)33-19(3)36-27/h7-16,18,32H,1-6H3. The molecule has 0 aliphatic rings. The monoisotopic (exact) mass is 510 g/mol. The van der Waals surface area contributed by atoms with Crippen LogP contribution in [0, 0.1) is 13.8 Å². The third kappa shape index (κ3) is 5.05. The molecule has 2 heterocycles. The Hall–Kier alpha value is -4.39. The summed E-state index contributed by atoms with van der Waals surface area (Å²) in [6.45, 7) is 11.2. The fraction of sp³-hybridized carbons (Fsp3) is 0.258. The molecule has 3 aromatic carbocycles. The van der Waals surface area contributed by atoms with E-state index in [9.17, 15) is 9.59 Å². The number of oxazole rings is 1. The lowest BCUT2D eigenvalue weighted by Crippen LogP contribution is -2.24. The summed E-state index contributed by atoms with van der Waals surface area (Å²) in [7, 11) is 0. The van der Waals surface area contributed by atoms with Gasteiger partial charge in [-0.25, -0.2) is 9.78 Å². The number of hydrogen-bond donors (Lipinski definition) is 1. The van der Waals surface area contributed by atoms with Gasteiger partial charge in [0.2, 0.25) is 0 Å². The highest BCUT2D eigenvalue weighted by Crippen LogP contribution is 2.32. The van der Waals surface area contributed by atoms with E-state index in [1.807, 2.05) is 77.1 Å². The van der Waals surface area contributed by atoms with Gasteiger partial charge < -0.3 is 18.9 Å². The molecule has 0 spiro atoms. The van der Waals surface area contributed by atoms with Crippen molar-refractivity contribution in [3.05, 3.63) is 93.5 Å². The summed E-state index contributed by atoms with van der Waals surface area (Å²) in [5.41, 5.74) is 4.64. The molecule has 1 N–H and O–H groups in total. The zero-order chi connectivity index (χ0) is 27.2. The van der Waals surface area contributed by atoms with Crippen LogP contribution >= 0.6 is 0 Å². The highest BCUT2D eigenvalue weighted by atomic mass is 16.6. The molecule has 5 rings (SSSR count). The summed E-state index contributed by atoms with van der Waals surface area (Å²) >= 11 is 0. The van der Waals surface area contributed by atoms with E-state index >= 15 is 0 Å². The van der Waals surface area contributed by atoms with Crippen molar-refractivity contribution >= 4 is 33.7 Å². The number of benzene rings is 3. The molecule has 0 radical (unpaired) electrons. The Balaban J connectivity index is 1.57. The van der Waals surface area contributed by atoms with Crippen LogP contribution in [0.5, 0.6) is 0 Å². The van der Waals surface area contributed by atoms with Gasteiger partial charge in [0.25, 0.3) is 0 Å². The van der Waals surface area contributed by atoms with E-state index < -0.39 is 11.6 Å². The molecule has 0 bridgehead atoms. The molecule has 38 heavy (non-hydrogen) atoms.